The highest BCUT2D eigenvalue weighted by molar-refractivity contribution is 7.89. The summed E-state index contributed by atoms with van der Waals surface area (Å²) in [5.74, 6) is -0.124. The van der Waals surface area contributed by atoms with E-state index < -0.39 is 15.8 Å². The van der Waals surface area contributed by atoms with Gasteiger partial charge in [0.1, 0.15) is 10.7 Å². The van der Waals surface area contributed by atoms with Crippen LogP contribution in [0, 0.1) is 5.82 Å². The van der Waals surface area contributed by atoms with Crippen LogP contribution in [0.5, 0.6) is 0 Å². The number of hydrogen-bond donors (Lipinski definition) is 1. The molecule has 0 atom stereocenters. The maximum absolute atomic E-state index is 14.0. The molecule has 11 heteroatoms. The van der Waals surface area contributed by atoms with Gasteiger partial charge in [-0.2, -0.15) is 4.98 Å². The van der Waals surface area contributed by atoms with Crippen molar-refractivity contribution in [1.82, 2.24) is 19.3 Å². The van der Waals surface area contributed by atoms with Gasteiger partial charge in [0, 0.05) is 23.4 Å². The van der Waals surface area contributed by atoms with Gasteiger partial charge in [-0.15, -0.1) is 16.4 Å². The second-order valence-electron chi connectivity index (χ2n) is 6.06. The van der Waals surface area contributed by atoms with Gasteiger partial charge in [-0.1, -0.05) is 35.3 Å². The summed E-state index contributed by atoms with van der Waals surface area (Å²) in [6.07, 6.45) is 0.359. The normalized spacial score (nSPS) is 12.0. The second-order valence-corrected chi connectivity index (χ2v) is 9.47. The molecule has 0 aliphatic carbocycles. The minimum atomic E-state index is -3.82. The van der Waals surface area contributed by atoms with Crippen LogP contribution >= 0.6 is 34.5 Å². The van der Waals surface area contributed by atoms with Gasteiger partial charge in [0.25, 0.3) is 0 Å². The van der Waals surface area contributed by atoms with Gasteiger partial charge >= 0.3 is 0 Å². The molecule has 2 aromatic carbocycles. The molecule has 0 bridgehead atoms. The second kappa shape index (κ2) is 8.00. The Bertz CT molecular complexity index is 1300. The number of hydrogen-bond acceptors (Lipinski definition) is 5. The van der Waals surface area contributed by atoms with Gasteiger partial charge < -0.3 is 0 Å². The molecule has 2 heterocycles. The van der Waals surface area contributed by atoms with Crippen molar-refractivity contribution in [3.05, 3.63) is 69.4 Å². The number of sulfonamides is 1. The Hall–Kier alpha value is -2.04. The number of fused-ring (bicyclic) bond motifs is 1. The van der Waals surface area contributed by atoms with Crippen molar-refractivity contribution >= 4 is 49.5 Å². The van der Waals surface area contributed by atoms with Crippen LogP contribution in [0.1, 0.15) is 5.69 Å². The van der Waals surface area contributed by atoms with E-state index in [1.807, 2.05) is 5.38 Å². The number of nitrogens with one attached hydrogen (secondary N) is 1. The van der Waals surface area contributed by atoms with Gasteiger partial charge in [-0.3, -0.25) is 0 Å². The van der Waals surface area contributed by atoms with Crippen LogP contribution in [0.15, 0.2) is 52.7 Å². The van der Waals surface area contributed by atoms with Crippen LogP contribution in [0.3, 0.4) is 0 Å². The first-order valence-electron chi connectivity index (χ1n) is 8.38. The van der Waals surface area contributed by atoms with Crippen molar-refractivity contribution in [1.29, 1.82) is 0 Å². The van der Waals surface area contributed by atoms with Gasteiger partial charge in [0.05, 0.1) is 16.3 Å². The quantitative estimate of drug-likeness (QED) is 0.452. The average molecular weight is 471 g/mol. The van der Waals surface area contributed by atoms with Gasteiger partial charge in [0.15, 0.2) is 5.82 Å². The molecule has 0 spiro atoms. The summed E-state index contributed by atoms with van der Waals surface area (Å²) in [4.78, 5) is 4.87. The Morgan fingerprint density at radius 3 is 2.76 bits per heavy atom. The standard InChI is InChI=1S/C18H13Cl2FN4O2S2/c19-11-5-6-14(20)16(9-11)29(26,27)22-8-7-12-10-28-18-23-17(24-25(12)18)13-3-1-2-4-15(13)21/h1-6,9-10,22H,7-8H2. The predicted octanol–water partition coefficient (Wildman–Crippen LogP) is 4.42. The van der Waals surface area contributed by atoms with E-state index in [2.05, 4.69) is 14.8 Å². The topological polar surface area (TPSA) is 76.4 Å². The molecule has 6 nitrogen and oxygen atoms in total. The molecular formula is C18H13Cl2FN4O2S2. The molecule has 4 rings (SSSR count). The van der Waals surface area contributed by atoms with Crippen molar-refractivity contribution in [2.45, 2.75) is 11.3 Å². The summed E-state index contributed by atoms with van der Waals surface area (Å²) in [7, 11) is -3.82. The SMILES string of the molecule is O=S(=O)(NCCc1csc2nc(-c3ccccc3F)nn12)c1cc(Cl)ccc1Cl. The van der Waals surface area contributed by atoms with Crippen molar-refractivity contribution in [3.8, 4) is 11.4 Å². The first-order chi connectivity index (χ1) is 13.8. The monoisotopic (exact) mass is 470 g/mol. The van der Waals surface area contributed by atoms with Crippen molar-refractivity contribution in [2.75, 3.05) is 6.54 Å². The first-order valence-corrected chi connectivity index (χ1v) is 11.5. The fraction of sp³-hybridized carbons (Fsp3) is 0.111. The summed E-state index contributed by atoms with van der Waals surface area (Å²) in [5, 5.41) is 6.56. The summed E-state index contributed by atoms with van der Waals surface area (Å²) in [5.41, 5.74) is 1.06. The summed E-state index contributed by atoms with van der Waals surface area (Å²) in [6, 6.07) is 10.5. The van der Waals surface area contributed by atoms with Crippen LogP contribution in [-0.4, -0.2) is 29.6 Å². The number of thiazole rings is 1. The first kappa shape index (κ1) is 20.2. The van der Waals surface area contributed by atoms with Crippen LogP contribution in [0.4, 0.5) is 4.39 Å². The molecule has 0 fully saturated rings. The number of rotatable bonds is 6. The van der Waals surface area contributed by atoms with Crippen LogP contribution in [0.25, 0.3) is 16.3 Å². The Balaban J connectivity index is 1.52. The molecule has 29 heavy (non-hydrogen) atoms. The van der Waals surface area contributed by atoms with Gasteiger partial charge in [0.2, 0.25) is 15.0 Å². The maximum Gasteiger partial charge on any atom is 0.242 e. The molecule has 0 amide bonds. The van der Waals surface area contributed by atoms with Gasteiger partial charge in [-0.05, 0) is 30.3 Å². The Kier molecular flexibility index (Phi) is 5.58. The molecule has 0 saturated heterocycles. The molecule has 4 aromatic rings. The van der Waals surface area contributed by atoms with E-state index in [1.165, 1.54) is 35.6 Å². The molecule has 1 N–H and O–H groups in total. The number of halogens is 3. The lowest BCUT2D eigenvalue weighted by Gasteiger charge is -2.08. The van der Waals surface area contributed by atoms with E-state index in [0.717, 1.165) is 5.69 Å². The minimum Gasteiger partial charge on any atom is -0.211 e. The highest BCUT2D eigenvalue weighted by Gasteiger charge is 2.19. The smallest absolute Gasteiger partial charge is 0.211 e. The van der Waals surface area contributed by atoms with E-state index in [9.17, 15) is 12.8 Å². The third kappa shape index (κ3) is 4.15. The van der Waals surface area contributed by atoms with E-state index in [4.69, 9.17) is 23.2 Å². The molecule has 0 aliphatic rings. The van der Waals surface area contributed by atoms with Crippen molar-refractivity contribution < 1.29 is 12.8 Å². The Morgan fingerprint density at radius 2 is 1.97 bits per heavy atom. The van der Waals surface area contributed by atoms with Crippen molar-refractivity contribution in [3.63, 3.8) is 0 Å². The molecule has 2 aromatic heterocycles. The number of aromatic nitrogens is 3. The predicted molar refractivity (Wildman–Crippen MR) is 112 cm³/mol. The average Bonchev–Trinajstić information content (AvgIpc) is 3.25. The fourth-order valence-electron chi connectivity index (χ4n) is 2.73. The number of nitrogens with zero attached hydrogens (tertiary/aromatic N) is 3. The van der Waals surface area contributed by atoms with Crippen LogP contribution in [0.2, 0.25) is 10.0 Å². The van der Waals surface area contributed by atoms with Crippen molar-refractivity contribution in [2.24, 2.45) is 0 Å². The third-order valence-corrected chi connectivity index (χ3v) is 7.16. The molecule has 0 aliphatic heterocycles. The Labute approximate surface area is 180 Å². The molecule has 150 valence electrons. The van der Waals surface area contributed by atoms with E-state index >= 15 is 0 Å². The molecule has 0 radical (unpaired) electrons. The van der Waals surface area contributed by atoms with E-state index in [-0.39, 0.29) is 27.3 Å². The largest absolute Gasteiger partial charge is 0.242 e. The lowest BCUT2D eigenvalue weighted by molar-refractivity contribution is 0.581. The van der Waals surface area contributed by atoms with E-state index in [0.29, 0.717) is 16.9 Å². The lowest BCUT2D eigenvalue weighted by Crippen LogP contribution is -2.26. The summed E-state index contributed by atoms with van der Waals surface area (Å²) < 4.78 is 43.1. The maximum atomic E-state index is 14.0. The summed E-state index contributed by atoms with van der Waals surface area (Å²) >= 11 is 13.2. The lowest BCUT2D eigenvalue weighted by atomic mass is 10.2. The zero-order valence-electron chi connectivity index (χ0n) is 14.6. The zero-order valence-corrected chi connectivity index (χ0v) is 17.8. The molecule has 0 saturated carbocycles. The zero-order chi connectivity index (χ0) is 20.6. The fourth-order valence-corrected chi connectivity index (χ4v) is 5.38. The minimum absolute atomic E-state index is 0.0790. The number of benzene rings is 2. The molecule has 0 unspecified atom stereocenters. The molecular weight excluding hydrogens is 458 g/mol. The van der Waals surface area contributed by atoms with E-state index in [1.54, 1.807) is 22.7 Å². The highest BCUT2D eigenvalue weighted by atomic mass is 35.5. The van der Waals surface area contributed by atoms with Gasteiger partial charge in [-0.25, -0.2) is 22.0 Å². The highest BCUT2D eigenvalue weighted by Crippen LogP contribution is 2.25. The van der Waals surface area contributed by atoms with Crippen LogP contribution in [-0.2, 0) is 16.4 Å². The summed E-state index contributed by atoms with van der Waals surface area (Å²) in [6.45, 7) is 0.117. The third-order valence-electron chi connectivity index (χ3n) is 4.12. The Morgan fingerprint density at radius 1 is 1.17 bits per heavy atom. The van der Waals surface area contributed by atoms with Crippen LogP contribution < -0.4 is 4.72 Å².